The Balaban J connectivity index is 2.02. The fraction of sp³-hybridized carbons (Fsp3) is 0.125. The third-order valence-electron chi connectivity index (χ3n) is 2.38. The van der Waals surface area contributed by atoms with E-state index < -0.39 is 0 Å². The molecule has 0 atom stereocenters. The van der Waals surface area contributed by atoms with E-state index >= 15 is 0 Å². The van der Waals surface area contributed by atoms with Crippen molar-refractivity contribution in [2.24, 2.45) is 0 Å². The van der Waals surface area contributed by atoms with Crippen LogP contribution in [0.3, 0.4) is 0 Å². The van der Waals surface area contributed by atoms with Gasteiger partial charge >= 0.3 is 122 Å². The van der Waals surface area contributed by atoms with Crippen LogP contribution in [0, 0.1) is 0 Å². The molecule has 2 rings (SSSR count). The summed E-state index contributed by atoms with van der Waals surface area (Å²) in [5, 5.41) is 0. The van der Waals surface area contributed by atoms with Crippen molar-refractivity contribution in [1.29, 1.82) is 0 Å². The van der Waals surface area contributed by atoms with Gasteiger partial charge in [0.25, 0.3) is 0 Å². The summed E-state index contributed by atoms with van der Waals surface area (Å²) in [4.78, 5) is 0. The molecule has 0 nitrogen and oxygen atoms in total. The van der Waals surface area contributed by atoms with Crippen molar-refractivity contribution in [1.82, 2.24) is 0 Å². The van der Waals surface area contributed by atoms with Crippen molar-refractivity contribution < 1.29 is 0 Å². The first kappa shape index (κ1) is 13.6. The molecule has 0 N–H and O–H groups in total. The maximum atomic E-state index is 3.90. The molecule has 2 aromatic carbocycles. The van der Waals surface area contributed by atoms with Gasteiger partial charge in [-0.3, -0.25) is 0 Å². The van der Waals surface area contributed by atoms with Crippen molar-refractivity contribution in [2.75, 3.05) is 0 Å². The Hall–Kier alpha value is -0.781. The van der Waals surface area contributed by atoms with Gasteiger partial charge < -0.3 is 0 Å². The van der Waals surface area contributed by atoms with Gasteiger partial charge in [0.15, 0.2) is 0 Å². The van der Waals surface area contributed by atoms with Crippen LogP contribution in [0.4, 0.5) is 0 Å². The second kappa shape index (κ2) is 7.61. The van der Waals surface area contributed by atoms with Crippen molar-refractivity contribution in [2.45, 2.75) is 10.1 Å². The molecule has 92 valence electrons. The van der Waals surface area contributed by atoms with Gasteiger partial charge in [0.05, 0.1) is 0 Å². The van der Waals surface area contributed by atoms with E-state index in [0.717, 1.165) is 10.1 Å². The van der Waals surface area contributed by atoms with E-state index in [1.807, 2.05) is 0 Å². The van der Waals surface area contributed by atoms with Crippen LogP contribution >= 0.6 is 0 Å². The number of hydrogen-bond acceptors (Lipinski definition) is 0. The number of benzene rings is 2. The maximum absolute atomic E-state index is 3.90. The van der Waals surface area contributed by atoms with Crippen LogP contribution < -0.4 is 8.92 Å². The zero-order chi connectivity index (χ0) is 12.6. The molecule has 0 saturated heterocycles. The van der Waals surface area contributed by atoms with Crippen LogP contribution in [0.2, 0.25) is 3.71 Å². The molecule has 0 saturated carbocycles. The summed E-state index contributed by atoms with van der Waals surface area (Å²) in [6.07, 6.45) is 3.20. The molecule has 0 aliphatic heterocycles. The predicted octanol–water partition coefficient (Wildman–Crippen LogP) is 2.37. The Kier molecular flexibility index (Phi) is 5.77. The molecule has 0 aliphatic carbocycles. The zero-order valence-electron chi connectivity index (χ0n) is 10.2. The molecular weight excluding hydrogens is 350 g/mol. The minimum absolute atomic E-state index is 0.547. The molecule has 0 radical (unpaired) electrons. The van der Waals surface area contributed by atoms with Crippen molar-refractivity contribution in [3.8, 4) is 0 Å². The Morgan fingerprint density at radius 1 is 0.833 bits per heavy atom. The Bertz CT molecular complexity index is 423. The van der Waals surface area contributed by atoms with Crippen LogP contribution in [0.15, 0.2) is 73.3 Å². The van der Waals surface area contributed by atoms with Crippen LogP contribution in [0.1, 0.15) is 6.42 Å². The SMILES string of the molecule is C=CCC([Se]c1ccccc1)[Se]c1ccccc1. The van der Waals surface area contributed by atoms with Crippen LogP contribution in [-0.4, -0.2) is 29.9 Å². The van der Waals surface area contributed by atoms with Gasteiger partial charge in [0.2, 0.25) is 0 Å². The normalized spacial score (nSPS) is 10.5. The first-order chi connectivity index (χ1) is 8.88. The molecule has 18 heavy (non-hydrogen) atoms. The van der Waals surface area contributed by atoms with Crippen molar-refractivity contribution in [3.63, 3.8) is 0 Å². The van der Waals surface area contributed by atoms with E-state index in [0.29, 0.717) is 29.9 Å². The zero-order valence-corrected chi connectivity index (χ0v) is 13.6. The molecule has 0 spiro atoms. The standard InChI is InChI=1S/C16H16Se2/c1-2-9-16(17-14-10-5-3-6-11-14)18-15-12-7-4-8-13-15/h2-8,10-13,16H,1,9H2. The van der Waals surface area contributed by atoms with Gasteiger partial charge in [-0.1, -0.05) is 0 Å². The summed E-state index contributed by atoms with van der Waals surface area (Å²) >= 11 is 1.09. The summed E-state index contributed by atoms with van der Waals surface area (Å²) in [5.41, 5.74) is 0. The molecular formula is C16H16Se2. The van der Waals surface area contributed by atoms with E-state index in [9.17, 15) is 0 Å². The van der Waals surface area contributed by atoms with Gasteiger partial charge in [0.1, 0.15) is 0 Å². The number of hydrogen-bond donors (Lipinski definition) is 0. The first-order valence-electron chi connectivity index (χ1n) is 5.93. The number of rotatable bonds is 6. The monoisotopic (exact) mass is 368 g/mol. The van der Waals surface area contributed by atoms with Crippen LogP contribution in [0.5, 0.6) is 0 Å². The molecule has 0 bridgehead atoms. The molecule has 0 heterocycles. The van der Waals surface area contributed by atoms with E-state index in [1.165, 1.54) is 8.92 Å². The molecule has 0 aliphatic rings. The average Bonchev–Trinajstić information content (AvgIpc) is 2.41. The van der Waals surface area contributed by atoms with Crippen molar-refractivity contribution in [3.05, 3.63) is 73.3 Å². The molecule has 2 aromatic rings. The summed E-state index contributed by atoms with van der Waals surface area (Å²) in [5.74, 6) is 0. The molecule has 0 amide bonds. The van der Waals surface area contributed by atoms with Gasteiger partial charge in [-0.15, -0.1) is 0 Å². The molecule has 2 heteroatoms. The fourth-order valence-electron chi connectivity index (χ4n) is 1.56. The Morgan fingerprint density at radius 3 is 1.67 bits per heavy atom. The molecule has 0 fully saturated rings. The van der Waals surface area contributed by atoms with E-state index in [-0.39, 0.29) is 0 Å². The molecule has 0 unspecified atom stereocenters. The summed E-state index contributed by atoms with van der Waals surface area (Å²) in [6.45, 7) is 3.90. The van der Waals surface area contributed by atoms with Crippen LogP contribution in [-0.2, 0) is 0 Å². The van der Waals surface area contributed by atoms with Gasteiger partial charge in [-0.05, 0) is 0 Å². The van der Waals surface area contributed by atoms with Gasteiger partial charge in [-0.2, -0.15) is 0 Å². The third-order valence-corrected chi connectivity index (χ3v) is 8.67. The molecule has 0 aromatic heterocycles. The first-order valence-corrected chi connectivity index (χ1v) is 9.62. The van der Waals surface area contributed by atoms with Crippen molar-refractivity contribution >= 4 is 38.8 Å². The third kappa shape index (κ3) is 4.48. The van der Waals surface area contributed by atoms with E-state index in [1.54, 1.807) is 0 Å². The Morgan fingerprint density at radius 2 is 1.28 bits per heavy atom. The second-order valence-corrected chi connectivity index (χ2v) is 10.7. The summed E-state index contributed by atoms with van der Waals surface area (Å²) < 4.78 is 3.76. The fourth-order valence-corrected chi connectivity index (χ4v) is 8.17. The quantitative estimate of drug-likeness (QED) is 0.544. The van der Waals surface area contributed by atoms with Gasteiger partial charge in [-0.25, -0.2) is 0 Å². The average molecular weight is 366 g/mol. The topological polar surface area (TPSA) is 0 Å². The summed E-state index contributed by atoms with van der Waals surface area (Å²) in [7, 11) is 0. The van der Waals surface area contributed by atoms with Crippen LogP contribution in [0.25, 0.3) is 0 Å². The Labute approximate surface area is 122 Å². The van der Waals surface area contributed by atoms with E-state index in [4.69, 9.17) is 0 Å². The predicted molar refractivity (Wildman–Crippen MR) is 82.2 cm³/mol. The number of allylic oxidation sites excluding steroid dienone is 1. The summed E-state index contributed by atoms with van der Waals surface area (Å²) in [6, 6.07) is 21.7. The minimum atomic E-state index is 0.547. The van der Waals surface area contributed by atoms with E-state index in [2.05, 4.69) is 73.3 Å². The second-order valence-electron chi connectivity index (χ2n) is 3.82. The van der Waals surface area contributed by atoms with Gasteiger partial charge in [0, 0.05) is 0 Å².